The number of halogens is 1. The van der Waals surface area contributed by atoms with Crippen LogP contribution in [0.1, 0.15) is 5.56 Å². The fourth-order valence-corrected chi connectivity index (χ4v) is 2.77. The number of anilines is 1. The molecule has 8 nitrogen and oxygen atoms in total. The third kappa shape index (κ3) is 5.61. The van der Waals surface area contributed by atoms with Gasteiger partial charge in [-0.25, -0.2) is 19.4 Å². The summed E-state index contributed by atoms with van der Waals surface area (Å²) in [5, 5.41) is 6.96. The first-order valence-electron chi connectivity index (χ1n) is 8.77. The molecule has 0 unspecified atom stereocenters. The van der Waals surface area contributed by atoms with Gasteiger partial charge in [-0.05, 0) is 43.9 Å². The van der Waals surface area contributed by atoms with Gasteiger partial charge in [0.2, 0.25) is 0 Å². The monoisotopic (exact) mass is 443 g/mol. The molecule has 146 valence electrons. The summed E-state index contributed by atoms with van der Waals surface area (Å²) in [5.41, 5.74) is 1.69. The van der Waals surface area contributed by atoms with Gasteiger partial charge in [-0.2, -0.15) is 5.10 Å². The zero-order chi connectivity index (χ0) is 19.9. The maximum atomic E-state index is 12.8. The van der Waals surface area contributed by atoms with E-state index in [1.54, 1.807) is 34.2 Å². The second-order valence-electron chi connectivity index (χ2n) is 6.53. The van der Waals surface area contributed by atoms with Crippen molar-refractivity contribution in [1.29, 1.82) is 0 Å². The maximum absolute atomic E-state index is 12.8. The number of carbonyl (C=O) groups excluding carboxylic acids is 1. The van der Waals surface area contributed by atoms with Crippen molar-refractivity contribution in [1.82, 2.24) is 29.5 Å². The Balaban J connectivity index is 1.68. The Kier molecular flexibility index (Phi) is 6.72. The Hall–Kier alpha value is -2.78. The number of benzene rings is 1. The van der Waals surface area contributed by atoms with E-state index in [1.165, 1.54) is 6.33 Å². The number of hydrogen-bond donors (Lipinski definition) is 1. The summed E-state index contributed by atoms with van der Waals surface area (Å²) in [7, 11) is 3.98. The molecule has 1 aromatic carbocycles. The van der Waals surface area contributed by atoms with Crippen LogP contribution in [0.15, 0.2) is 59.7 Å². The van der Waals surface area contributed by atoms with Crippen molar-refractivity contribution in [3.05, 3.63) is 65.3 Å². The molecule has 0 aliphatic carbocycles. The van der Waals surface area contributed by atoms with Crippen LogP contribution in [0.2, 0.25) is 0 Å². The quantitative estimate of drug-likeness (QED) is 0.606. The van der Waals surface area contributed by atoms with Gasteiger partial charge in [0.1, 0.15) is 12.7 Å². The fraction of sp³-hybridized carbons (Fsp3) is 0.263. The van der Waals surface area contributed by atoms with E-state index in [9.17, 15) is 4.79 Å². The predicted octanol–water partition coefficient (Wildman–Crippen LogP) is 3.02. The van der Waals surface area contributed by atoms with Crippen LogP contribution in [-0.2, 0) is 6.54 Å². The Labute approximate surface area is 172 Å². The van der Waals surface area contributed by atoms with Crippen molar-refractivity contribution in [3.8, 4) is 5.82 Å². The molecule has 9 heteroatoms. The standard InChI is InChI=1S/C19H22BrN7O/c1-25(2)9-10-26(12-15-3-5-16(20)6-4-15)19(28)24-17-7-8-18(22-11-17)27-14-21-13-23-27/h3-8,11,13-14H,9-10,12H2,1-2H3,(H,24,28). The number of nitrogens with one attached hydrogen (secondary N) is 1. The van der Waals surface area contributed by atoms with E-state index in [1.807, 2.05) is 38.4 Å². The second kappa shape index (κ2) is 9.43. The van der Waals surface area contributed by atoms with Gasteiger partial charge in [-0.3, -0.25) is 0 Å². The molecule has 0 aliphatic heterocycles. The number of rotatable bonds is 7. The Morgan fingerprint density at radius 1 is 1.14 bits per heavy atom. The fourth-order valence-electron chi connectivity index (χ4n) is 2.51. The van der Waals surface area contributed by atoms with E-state index in [2.05, 4.69) is 41.2 Å². The van der Waals surface area contributed by atoms with Gasteiger partial charge < -0.3 is 15.1 Å². The predicted molar refractivity (Wildman–Crippen MR) is 111 cm³/mol. The molecule has 0 saturated carbocycles. The molecule has 2 aromatic heterocycles. The van der Waals surface area contributed by atoms with Crippen LogP contribution in [0.25, 0.3) is 5.82 Å². The Morgan fingerprint density at radius 2 is 1.93 bits per heavy atom. The first kappa shape index (κ1) is 20.0. The SMILES string of the molecule is CN(C)CCN(Cc1ccc(Br)cc1)C(=O)Nc1ccc(-n2cncn2)nc1. The summed E-state index contributed by atoms with van der Waals surface area (Å²) in [6.45, 7) is 1.91. The van der Waals surface area contributed by atoms with Gasteiger partial charge in [-0.15, -0.1) is 0 Å². The lowest BCUT2D eigenvalue weighted by Gasteiger charge is -2.25. The number of nitrogens with zero attached hydrogens (tertiary/aromatic N) is 6. The summed E-state index contributed by atoms with van der Waals surface area (Å²) in [6.07, 6.45) is 4.63. The van der Waals surface area contributed by atoms with E-state index in [0.29, 0.717) is 24.6 Å². The molecule has 0 atom stereocenters. The molecule has 2 amide bonds. The van der Waals surface area contributed by atoms with Gasteiger partial charge in [0, 0.05) is 24.1 Å². The van der Waals surface area contributed by atoms with Gasteiger partial charge in [-0.1, -0.05) is 28.1 Å². The molecule has 28 heavy (non-hydrogen) atoms. The average molecular weight is 444 g/mol. The van der Waals surface area contributed by atoms with Crippen LogP contribution in [-0.4, -0.2) is 62.8 Å². The third-order valence-electron chi connectivity index (χ3n) is 4.04. The lowest BCUT2D eigenvalue weighted by atomic mass is 10.2. The number of hydrogen-bond acceptors (Lipinski definition) is 5. The molecular formula is C19H22BrN7O. The lowest BCUT2D eigenvalue weighted by molar-refractivity contribution is 0.202. The number of urea groups is 1. The minimum Gasteiger partial charge on any atom is -0.319 e. The Bertz CT molecular complexity index is 880. The van der Waals surface area contributed by atoms with E-state index in [-0.39, 0.29) is 6.03 Å². The molecular weight excluding hydrogens is 422 g/mol. The molecule has 0 fully saturated rings. The van der Waals surface area contributed by atoms with Crippen LogP contribution >= 0.6 is 15.9 Å². The third-order valence-corrected chi connectivity index (χ3v) is 4.57. The Morgan fingerprint density at radius 3 is 2.54 bits per heavy atom. The van der Waals surface area contributed by atoms with E-state index in [4.69, 9.17) is 0 Å². The van der Waals surface area contributed by atoms with Crippen LogP contribution in [0, 0.1) is 0 Å². The van der Waals surface area contributed by atoms with Gasteiger partial charge in [0.15, 0.2) is 5.82 Å². The number of amides is 2. The molecule has 3 aromatic rings. The molecule has 0 spiro atoms. The van der Waals surface area contributed by atoms with Crippen LogP contribution in [0.5, 0.6) is 0 Å². The number of likely N-dealkylation sites (N-methyl/N-ethyl adjacent to an activating group) is 1. The van der Waals surface area contributed by atoms with Crippen LogP contribution in [0.4, 0.5) is 10.5 Å². The van der Waals surface area contributed by atoms with Crippen LogP contribution in [0.3, 0.4) is 0 Å². The van der Waals surface area contributed by atoms with Gasteiger partial charge in [0.05, 0.1) is 11.9 Å². The molecule has 0 radical (unpaired) electrons. The second-order valence-corrected chi connectivity index (χ2v) is 7.44. The van der Waals surface area contributed by atoms with Crippen molar-refractivity contribution >= 4 is 27.6 Å². The highest BCUT2D eigenvalue weighted by atomic mass is 79.9. The highest BCUT2D eigenvalue weighted by molar-refractivity contribution is 9.10. The molecule has 3 rings (SSSR count). The van der Waals surface area contributed by atoms with E-state index < -0.39 is 0 Å². The minimum absolute atomic E-state index is 0.167. The number of aromatic nitrogens is 4. The molecule has 0 saturated heterocycles. The average Bonchev–Trinajstić information content (AvgIpc) is 3.22. The summed E-state index contributed by atoms with van der Waals surface area (Å²) in [4.78, 5) is 24.9. The smallest absolute Gasteiger partial charge is 0.319 e. The molecule has 2 heterocycles. The minimum atomic E-state index is -0.167. The molecule has 0 aliphatic rings. The summed E-state index contributed by atoms with van der Waals surface area (Å²) >= 11 is 3.44. The van der Waals surface area contributed by atoms with Crippen LogP contribution < -0.4 is 5.32 Å². The first-order chi connectivity index (χ1) is 13.5. The highest BCUT2D eigenvalue weighted by Crippen LogP contribution is 2.14. The molecule has 0 bridgehead atoms. The number of carbonyl (C=O) groups is 1. The zero-order valence-corrected chi connectivity index (χ0v) is 17.4. The van der Waals surface area contributed by atoms with E-state index in [0.717, 1.165) is 16.6 Å². The summed E-state index contributed by atoms with van der Waals surface area (Å²) in [6, 6.07) is 11.4. The van der Waals surface area contributed by atoms with Crippen molar-refractivity contribution < 1.29 is 4.79 Å². The number of pyridine rings is 1. The van der Waals surface area contributed by atoms with Crippen molar-refractivity contribution in [3.63, 3.8) is 0 Å². The first-order valence-corrected chi connectivity index (χ1v) is 9.57. The van der Waals surface area contributed by atoms with Crippen molar-refractivity contribution in [2.45, 2.75) is 6.54 Å². The topological polar surface area (TPSA) is 79.2 Å². The lowest BCUT2D eigenvalue weighted by Crippen LogP contribution is -2.39. The van der Waals surface area contributed by atoms with Gasteiger partial charge in [0.25, 0.3) is 0 Å². The van der Waals surface area contributed by atoms with Crippen molar-refractivity contribution in [2.75, 3.05) is 32.5 Å². The van der Waals surface area contributed by atoms with Crippen molar-refractivity contribution in [2.24, 2.45) is 0 Å². The highest BCUT2D eigenvalue weighted by Gasteiger charge is 2.15. The normalized spacial score (nSPS) is 10.9. The summed E-state index contributed by atoms with van der Waals surface area (Å²) < 4.78 is 2.57. The van der Waals surface area contributed by atoms with Gasteiger partial charge >= 0.3 is 6.03 Å². The zero-order valence-electron chi connectivity index (χ0n) is 15.8. The largest absolute Gasteiger partial charge is 0.322 e. The molecule has 1 N–H and O–H groups in total. The maximum Gasteiger partial charge on any atom is 0.322 e. The summed E-state index contributed by atoms with van der Waals surface area (Å²) in [5.74, 6) is 0.634. The van der Waals surface area contributed by atoms with E-state index >= 15 is 0 Å².